The molecular formula is C21H31IN6O. The van der Waals surface area contributed by atoms with Crippen LogP contribution in [0.1, 0.15) is 48.5 Å². The quantitative estimate of drug-likeness (QED) is 0.340. The van der Waals surface area contributed by atoms with Crippen molar-refractivity contribution >= 4 is 29.9 Å². The Balaban J connectivity index is 0.00000240. The number of halogens is 1. The van der Waals surface area contributed by atoms with E-state index in [1.54, 1.807) is 7.05 Å². The van der Waals surface area contributed by atoms with Gasteiger partial charge in [0.05, 0.1) is 13.2 Å². The van der Waals surface area contributed by atoms with E-state index in [1.165, 1.54) is 31.2 Å². The van der Waals surface area contributed by atoms with Crippen LogP contribution in [-0.4, -0.2) is 34.4 Å². The van der Waals surface area contributed by atoms with Crippen LogP contribution in [0.2, 0.25) is 0 Å². The molecule has 0 radical (unpaired) electrons. The first-order valence-corrected chi connectivity index (χ1v) is 10.3. The Labute approximate surface area is 189 Å². The van der Waals surface area contributed by atoms with Crippen LogP contribution in [0.15, 0.2) is 23.2 Å². The van der Waals surface area contributed by atoms with E-state index in [9.17, 15) is 0 Å². The summed E-state index contributed by atoms with van der Waals surface area (Å²) in [6, 6.07) is 6.38. The number of aromatic nitrogens is 3. The second kappa shape index (κ2) is 10.3. The third kappa shape index (κ3) is 5.83. The maximum absolute atomic E-state index is 6.07. The van der Waals surface area contributed by atoms with Crippen LogP contribution in [0.5, 0.6) is 5.75 Å². The van der Waals surface area contributed by atoms with E-state index in [1.807, 2.05) is 0 Å². The predicted octanol–water partition coefficient (Wildman–Crippen LogP) is 3.19. The highest BCUT2D eigenvalue weighted by Crippen LogP contribution is 2.30. The summed E-state index contributed by atoms with van der Waals surface area (Å²) in [4.78, 5) is 4.34. The first-order chi connectivity index (χ1) is 13.7. The lowest BCUT2D eigenvalue weighted by Crippen LogP contribution is -2.37. The summed E-state index contributed by atoms with van der Waals surface area (Å²) < 4.78 is 8.30. The van der Waals surface area contributed by atoms with Crippen LogP contribution in [0.4, 0.5) is 0 Å². The van der Waals surface area contributed by atoms with E-state index in [0.29, 0.717) is 13.1 Å². The average molecular weight is 510 g/mol. The number of ether oxygens (including phenoxy) is 1. The monoisotopic (exact) mass is 510 g/mol. The summed E-state index contributed by atoms with van der Waals surface area (Å²) in [6.45, 7) is 5.21. The molecule has 0 amide bonds. The van der Waals surface area contributed by atoms with Crippen molar-refractivity contribution in [1.82, 2.24) is 25.4 Å². The minimum absolute atomic E-state index is 0. The largest absolute Gasteiger partial charge is 0.493 e. The number of fused-ring (bicyclic) bond motifs is 1. The van der Waals surface area contributed by atoms with Gasteiger partial charge in [-0.3, -0.25) is 4.99 Å². The second-order valence-electron chi connectivity index (χ2n) is 7.79. The molecule has 4 rings (SSSR count). The lowest BCUT2D eigenvalue weighted by Gasteiger charge is -2.17. The van der Waals surface area contributed by atoms with Crippen molar-refractivity contribution in [2.45, 2.75) is 58.7 Å². The Morgan fingerprint density at radius 3 is 2.83 bits per heavy atom. The first kappa shape index (κ1) is 21.9. The van der Waals surface area contributed by atoms with Crippen LogP contribution in [0.3, 0.4) is 0 Å². The van der Waals surface area contributed by atoms with Gasteiger partial charge < -0.3 is 19.9 Å². The van der Waals surface area contributed by atoms with Crippen LogP contribution in [0, 0.1) is 12.8 Å². The second-order valence-corrected chi connectivity index (χ2v) is 7.79. The Morgan fingerprint density at radius 1 is 1.21 bits per heavy atom. The van der Waals surface area contributed by atoms with Crippen molar-refractivity contribution in [3.8, 4) is 5.75 Å². The summed E-state index contributed by atoms with van der Waals surface area (Å²) >= 11 is 0. The number of hydrogen-bond donors (Lipinski definition) is 2. The number of aliphatic imine (C=N–C) groups is 1. The number of benzene rings is 1. The van der Waals surface area contributed by atoms with Gasteiger partial charge >= 0.3 is 0 Å². The number of aryl methyl sites for hydroxylation is 2. The van der Waals surface area contributed by atoms with E-state index in [4.69, 9.17) is 4.74 Å². The lowest BCUT2D eigenvalue weighted by molar-refractivity contribution is 0.296. The number of guanidine groups is 1. The molecule has 29 heavy (non-hydrogen) atoms. The summed E-state index contributed by atoms with van der Waals surface area (Å²) in [5.74, 6) is 4.54. The number of nitrogens with zero attached hydrogens (tertiary/aromatic N) is 4. The van der Waals surface area contributed by atoms with E-state index in [0.717, 1.165) is 54.4 Å². The number of hydrogen-bond acceptors (Lipinski definition) is 4. The molecule has 2 N–H and O–H groups in total. The van der Waals surface area contributed by atoms with Crippen molar-refractivity contribution in [1.29, 1.82) is 0 Å². The molecule has 1 aliphatic carbocycles. The molecule has 0 saturated heterocycles. The van der Waals surface area contributed by atoms with Gasteiger partial charge in [-0.05, 0) is 50.2 Å². The van der Waals surface area contributed by atoms with Crippen LogP contribution in [-0.2, 0) is 26.1 Å². The molecular weight excluding hydrogens is 479 g/mol. The lowest BCUT2D eigenvalue weighted by atomic mass is 10.1. The van der Waals surface area contributed by atoms with Crippen LogP contribution < -0.4 is 15.4 Å². The van der Waals surface area contributed by atoms with Gasteiger partial charge in [0.15, 0.2) is 11.8 Å². The molecule has 2 aliphatic rings. The molecule has 1 aromatic heterocycles. The fourth-order valence-corrected chi connectivity index (χ4v) is 3.50. The van der Waals surface area contributed by atoms with E-state index in [2.05, 4.69) is 55.5 Å². The Hall–Kier alpha value is -1.84. The molecule has 1 aromatic carbocycles. The minimum Gasteiger partial charge on any atom is -0.493 e. The van der Waals surface area contributed by atoms with Gasteiger partial charge in [-0.2, -0.15) is 0 Å². The smallest absolute Gasteiger partial charge is 0.191 e. The van der Waals surface area contributed by atoms with Gasteiger partial charge in [0, 0.05) is 32.1 Å². The molecule has 1 saturated carbocycles. The molecule has 7 nitrogen and oxygen atoms in total. The fraction of sp³-hybridized carbons (Fsp3) is 0.571. The molecule has 0 spiro atoms. The average Bonchev–Trinajstić information content (AvgIpc) is 3.46. The standard InChI is InChI=1S/C21H30N6O.HI/c1-15-6-9-17(18(11-15)28-14-16-7-8-16)12-23-21(22-2)24-13-20-26-25-19-5-3-4-10-27(19)20;/h6,9,11,16H,3-5,7-8,10,12-14H2,1-2H3,(H2,22,23,24);1H. The first-order valence-electron chi connectivity index (χ1n) is 10.3. The highest BCUT2D eigenvalue weighted by Gasteiger charge is 2.22. The normalized spacial score (nSPS) is 16.0. The van der Waals surface area contributed by atoms with Gasteiger partial charge in [-0.15, -0.1) is 34.2 Å². The van der Waals surface area contributed by atoms with E-state index >= 15 is 0 Å². The summed E-state index contributed by atoms with van der Waals surface area (Å²) in [5.41, 5.74) is 2.36. The van der Waals surface area contributed by atoms with Crippen molar-refractivity contribution < 1.29 is 4.74 Å². The van der Waals surface area contributed by atoms with Crippen molar-refractivity contribution in [3.05, 3.63) is 41.0 Å². The SMILES string of the molecule is CN=C(NCc1ccc(C)cc1OCC1CC1)NCc1nnc2n1CCCC2.I. The van der Waals surface area contributed by atoms with Crippen molar-refractivity contribution in [3.63, 3.8) is 0 Å². The highest BCUT2D eigenvalue weighted by atomic mass is 127. The maximum Gasteiger partial charge on any atom is 0.191 e. The third-order valence-corrected chi connectivity index (χ3v) is 5.41. The molecule has 2 aromatic rings. The summed E-state index contributed by atoms with van der Waals surface area (Å²) in [6.07, 6.45) is 6.01. The summed E-state index contributed by atoms with van der Waals surface area (Å²) in [5, 5.41) is 15.4. The Bertz CT molecular complexity index is 846. The maximum atomic E-state index is 6.07. The minimum atomic E-state index is 0. The van der Waals surface area contributed by atoms with Gasteiger partial charge in [0.1, 0.15) is 11.6 Å². The van der Waals surface area contributed by atoms with Crippen molar-refractivity contribution in [2.75, 3.05) is 13.7 Å². The molecule has 0 bridgehead atoms. The van der Waals surface area contributed by atoms with Gasteiger partial charge in [0.25, 0.3) is 0 Å². The van der Waals surface area contributed by atoms with Gasteiger partial charge in [-0.25, -0.2) is 0 Å². The number of nitrogens with one attached hydrogen (secondary N) is 2. The topological polar surface area (TPSA) is 76.4 Å². The fourth-order valence-electron chi connectivity index (χ4n) is 3.50. The van der Waals surface area contributed by atoms with E-state index < -0.39 is 0 Å². The van der Waals surface area contributed by atoms with Gasteiger partial charge in [-0.1, -0.05) is 12.1 Å². The molecule has 0 atom stereocenters. The van der Waals surface area contributed by atoms with Crippen LogP contribution in [0.25, 0.3) is 0 Å². The molecule has 158 valence electrons. The molecule has 1 fully saturated rings. The van der Waals surface area contributed by atoms with Gasteiger partial charge in [0.2, 0.25) is 0 Å². The van der Waals surface area contributed by atoms with Crippen molar-refractivity contribution in [2.24, 2.45) is 10.9 Å². The van der Waals surface area contributed by atoms with E-state index in [-0.39, 0.29) is 24.0 Å². The third-order valence-electron chi connectivity index (χ3n) is 5.41. The highest BCUT2D eigenvalue weighted by molar-refractivity contribution is 14.0. The zero-order valence-corrected chi connectivity index (χ0v) is 19.6. The Kier molecular flexibility index (Phi) is 7.74. The molecule has 8 heteroatoms. The summed E-state index contributed by atoms with van der Waals surface area (Å²) in [7, 11) is 1.79. The zero-order valence-electron chi connectivity index (χ0n) is 17.3. The Morgan fingerprint density at radius 2 is 2.03 bits per heavy atom. The van der Waals surface area contributed by atoms with Crippen LogP contribution >= 0.6 is 24.0 Å². The molecule has 0 unspecified atom stereocenters. The molecule has 2 heterocycles. The predicted molar refractivity (Wildman–Crippen MR) is 125 cm³/mol. The number of rotatable bonds is 7. The zero-order chi connectivity index (χ0) is 19.3. The molecule has 1 aliphatic heterocycles.